The van der Waals surface area contributed by atoms with E-state index in [1.54, 1.807) is 4.90 Å². The third-order valence-corrected chi connectivity index (χ3v) is 9.24. The quantitative estimate of drug-likeness (QED) is 0.150. The maximum Gasteiger partial charge on any atom is 0.410 e. The summed E-state index contributed by atoms with van der Waals surface area (Å²) in [6.45, 7) is 6.12. The lowest BCUT2D eigenvalue weighted by Gasteiger charge is -2.42. The van der Waals surface area contributed by atoms with Gasteiger partial charge in [0.1, 0.15) is 41.3 Å². The van der Waals surface area contributed by atoms with Crippen LogP contribution in [0.5, 0.6) is 11.8 Å². The fourth-order valence-electron chi connectivity index (χ4n) is 6.63. The highest BCUT2D eigenvalue weighted by atomic mass is 19.2. The molecule has 11 nitrogen and oxygen atoms in total. The number of hydrogen-bond acceptors (Lipinski definition) is 10. The van der Waals surface area contributed by atoms with Gasteiger partial charge in [-0.25, -0.2) is 18.0 Å². The molecule has 7 rings (SSSR count). The number of aromatic nitrogens is 3. The molecule has 0 N–H and O–H groups in total. The monoisotopic (exact) mass is 679 g/mol. The molecule has 0 radical (unpaired) electrons. The molecule has 1 aliphatic carbocycles. The van der Waals surface area contributed by atoms with E-state index in [4.69, 9.17) is 18.9 Å². The van der Waals surface area contributed by atoms with Gasteiger partial charge < -0.3 is 28.6 Å². The van der Waals surface area contributed by atoms with Crippen molar-refractivity contribution in [3.63, 3.8) is 0 Å². The summed E-state index contributed by atoms with van der Waals surface area (Å²) in [7, 11) is 1.43. The summed E-state index contributed by atoms with van der Waals surface area (Å²) in [4.78, 5) is 42.0. The van der Waals surface area contributed by atoms with Gasteiger partial charge in [0.2, 0.25) is 0 Å². The number of hydrogen-bond donors (Lipinski definition) is 0. The minimum atomic E-state index is -1.17. The zero-order valence-electron chi connectivity index (χ0n) is 27.6. The molecule has 4 aromatic rings. The van der Waals surface area contributed by atoms with Gasteiger partial charge in [0, 0.05) is 37.3 Å². The third-order valence-electron chi connectivity index (χ3n) is 9.24. The number of rotatable bonds is 9. The highest BCUT2D eigenvalue weighted by Gasteiger charge is 2.46. The summed E-state index contributed by atoms with van der Waals surface area (Å²) in [6, 6.07) is 4.72. The van der Waals surface area contributed by atoms with Crippen molar-refractivity contribution < 1.29 is 41.7 Å². The lowest BCUT2D eigenvalue weighted by molar-refractivity contribution is -0.113. The molecule has 1 saturated carbocycles. The summed E-state index contributed by atoms with van der Waals surface area (Å²) < 4.78 is 68.9. The summed E-state index contributed by atoms with van der Waals surface area (Å²) in [5.41, 5.74) is -1.79. The fourth-order valence-corrected chi connectivity index (χ4v) is 6.63. The van der Waals surface area contributed by atoms with E-state index in [9.17, 15) is 14.0 Å². The van der Waals surface area contributed by atoms with Crippen LogP contribution >= 0.6 is 0 Å². The smallest absolute Gasteiger partial charge is 0.410 e. The molecule has 2 atom stereocenters. The number of amides is 1. The van der Waals surface area contributed by atoms with Crippen LogP contribution in [0.2, 0.25) is 0 Å². The van der Waals surface area contributed by atoms with Crippen LogP contribution < -0.4 is 14.4 Å². The van der Waals surface area contributed by atoms with E-state index in [-0.39, 0.29) is 76.3 Å². The number of aldehydes is 1. The Hall–Kier alpha value is -4.72. The minimum Gasteiger partial charge on any atom is -0.468 e. The Bertz CT molecular complexity index is 1950. The third kappa shape index (κ3) is 6.18. The molecule has 2 aliphatic heterocycles. The molecule has 2 bridgehead atoms. The lowest BCUT2D eigenvalue weighted by atomic mass is 9.99. The number of nitrogens with zero attached hydrogens (tertiary/aromatic N) is 5. The molecule has 49 heavy (non-hydrogen) atoms. The van der Waals surface area contributed by atoms with E-state index in [1.807, 2.05) is 25.7 Å². The van der Waals surface area contributed by atoms with Gasteiger partial charge in [0.25, 0.3) is 0 Å². The maximum atomic E-state index is 16.8. The first-order valence-corrected chi connectivity index (χ1v) is 16.2. The van der Waals surface area contributed by atoms with E-state index in [0.29, 0.717) is 31.7 Å². The highest BCUT2D eigenvalue weighted by molar-refractivity contribution is 6.00. The molecule has 0 spiro atoms. The fraction of sp³-hybridized carbons (Fsp3) is 0.457. The second-order valence-corrected chi connectivity index (χ2v) is 13.9. The Balaban J connectivity index is 1.33. The number of pyridine rings is 1. The SMILES string of the molecule is COCOc1cc(-c2ncc3c(N4CC5CCC(C4)N5C(=O)OC(C)(C)C)nc(OCC4(C=O)CC4)nc3c2F)c2c(F)c(F)ccc2c1. The zero-order chi connectivity index (χ0) is 34.7. The molecule has 2 aromatic carbocycles. The van der Waals surface area contributed by atoms with Gasteiger partial charge in [-0.2, -0.15) is 9.97 Å². The van der Waals surface area contributed by atoms with E-state index in [2.05, 4.69) is 15.0 Å². The van der Waals surface area contributed by atoms with Crippen molar-refractivity contribution >= 4 is 39.9 Å². The first kappa shape index (κ1) is 32.8. The zero-order valence-corrected chi connectivity index (χ0v) is 27.6. The van der Waals surface area contributed by atoms with Crippen molar-refractivity contribution in [2.24, 2.45) is 5.41 Å². The van der Waals surface area contributed by atoms with Gasteiger partial charge in [-0.3, -0.25) is 9.88 Å². The summed E-state index contributed by atoms with van der Waals surface area (Å²) in [6.07, 6.45) is 4.68. The molecule has 258 valence electrons. The molecule has 1 amide bonds. The highest BCUT2D eigenvalue weighted by Crippen LogP contribution is 2.44. The van der Waals surface area contributed by atoms with Crippen LogP contribution in [-0.2, 0) is 14.3 Å². The van der Waals surface area contributed by atoms with Crippen LogP contribution in [0.4, 0.5) is 23.8 Å². The molecule has 3 fully saturated rings. The van der Waals surface area contributed by atoms with Crippen LogP contribution in [0, 0.1) is 22.9 Å². The van der Waals surface area contributed by atoms with Crippen molar-refractivity contribution in [2.45, 2.75) is 64.1 Å². The van der Waals surface area contributed by atoms with Crippen LogP contribution in [0.15, 0.2) is 30.5 Å². The van der Waals surface area contributed by atoms with Gasteiger partial charge in [0.05, 0.1) is 22.9 Å². The Morgan fingerprint density at radius 2 is 1.78 bits per heavy atom. The van der Waals surface area contributed by atoms with Gasteiger partial charge in [-0.15, -0.1) is 0 Å². The van der Waals surface area contributed by atoms with Crippen LogP contribution in [0.3, 0.4) is 0 Å². The average molecular weight is 680 g/mol. The number of ether oxygens (including phenoxy) is 4. The van der Waals surface area contributed by atoms with Crippen molar-refractivity contribution in [2.75, 3.05) is 38.5 Å². The Morgan fingerprint density at radius 3 is 2.43 bits per heavy atom. The van der Waals surface area contributed by atoms with Gasteiger partial charge >= 0.3 is 12.1 Å². The van der Waals surface area contributed by atoms with Crippen LogP contribution in [0.25, 0.3) is 32.9 Å². The number of piperazine rings is 1. The van der Waals surface area contributed by atoms with Crippen molar-refractivity contribution in [1.82, 2.24) is 19.9 Å². The Kier molecular flexibility index (Phi) is 8.24. The molecule has 4 heterocycles. The molecule has 14 heteroatoms. The van der Waals surface area contributed by atoms with Crippen LogP contribution in [0.1, 0.15) is 46.5 Å². The number of fused-ring (bicyclic) bond motifs is 4. The number of halogens is 3. The largest absolute Gasteiger partial charge is 0.468 e. The number of methoxy groups -OCH3 is 1. The molecule has 2 unspecified atom stereocenters. The van der Waals surface area contributed by atoms with Crippen molar-refractivity contribution in [3.05, 3.63) is 47.9 Å². The molecule has 2 aromatic heterocycles. The molecule has 3 aliphatic rings. The average Bonchev–Trinajstić information content (AvgIpc) is 3.80. The van der Waals surface area contributed by atoms with Gasteiger partial charge in [0.15, 0.2) is 24.2 Å². The lowest BCUT2D eigenvalue weighted by Crippen LogP contribution is -2.57. The van der Waals surface area contributed by atoms with Gasteiger partial charge in [-0.05, 0) is 70.0 Å². The standard InChI is InChI=1S/C35H36F3N5O6/c1-34(2,3)49-33(45)43-20-6-7-21(43)15-42(14-20)31-24-13-39-29(28(38)30(24)40-32(41-31)47-17-35(16-44)9-10-35)23-12-22(48-18-46-4)11-19-5-8-25(36)27(37)26(19)23/h5,8,11-13,16,20-21H,6-7,9-10,14-15,17-18H2,1-4H3. The Labute approximate surface area is 280 Å². The number of anilines is 1. The second kappa shape index (κ2) is 12.3. The van der Waals surface area contributed by atoms with Gasteiger partial charge in [-0.1, -0.05) is 6.07 Å². The Morgan fingerprint density at radius 1 is 1.04 bits per heavy atom. The summed E-state index contributed by atoms with van der Waals surface area (Å²) in [5, 5.41) is 0.342. The molecular formula is C35H36F3N5O6. The minimum absolute atomic E-state index is 0.0205. The van der Waals surface area contributed by atoms with E-state index in [0.717, 1.165) is 25.2 Å². The normalized spacial score (nSPS) is 19.7. The number of carbonyl (C=O) groups excluding carboxylic acids is 2. The van der Waals surface area contributed by atoms with Crippen molar-refractivity contribution in [1.29, 1.82) is 0 Å². The van der Waals surface area contributed by atoms with E-state index in [1.165, 1.54) is 31.5 Å². The van der Waals surface area contributed by atoms with Crippen LogP contribution in [-0.4, -0.2) is 83.5 Å². The maximum absolute atomic E-state index is 16.8. The number of benzene rings is 2. The van der Waals surface area contributed by atoms with E-state index < -0.39 is 28.5 Å². The predicted molar refractivity (Wildman–Crippen MR) is 173 cm³/mol. The predicted octanol–water partition coefficient (Wildman–Crippen LogP) is 6.19. The van der Waals surface area contributed by atoms with E-state index >= 15 is 8.78 Å². The summed E-state index contributed by atoms with van der Waals surface area (Å²) in [5.74, 6) is -2.61. The van der Waals surface area contributed by atoms with Crippen molar-refractivity contribution in [3.8, 4) is 23.0 Å². The number of carbonyl (C=O) groups is 2. The molecular weight excluding hydrogens is 643 g/mol. The first-order valence-electron chi connectivity index (χ1n) is 16.2. The molecule has 2 saturated heterocycles. The topological polar surface area (TPSA) is 116 Å². The first-order chi connectivity index (χ1) is 23.4. The summed E-state index contributed by atoms with van der Waals surface area (Å²) >= 11 is 0. The second-order valence-electron chi connectivity index (χ2n) is 13.9.